The summed E-state index contributed by atoms with van der Waals surface area (Å²) in [6.07, 6.45) is 0.301. The predicted octanol–water partition coefficient (Wildman–Crippen LogP) is 3.43. The highest BCUT2D eigenvalue weighted by atomic mass is 32.2. The summed E-state index contributed by atoms with van der Waals surface area (Å²) in [5, 5.41) is 3.25. The smallest absolute Gasteiger partial charge is 0.348 e. The minimum atomic E-state index is -3.39. The first-order valence-corrected chi connectivity index (χ1v) is 10.7. The highest BCUT2D eigenvalue weighted by Gasteiger charge is 2.17. The number of sulfone groups is 1. The maximum atomic E-state index is 12.2. The van der Waals surface area contributed by atoms with Crippen molar-refractivity contribution in [3.05, 3.63) is 46.8 Å². The molecular formula is C18H21NO5S2. The number of benzene rings is 1. The number of thiophene rings is 1. The van der Waals surface area contributed by atoms with Gasteiger partial charge in [-0.15, -0.1) is 11.3 Å². The third-order valence-electron chi connectivity index (χ3n) is 3.56. The third-order valence-corrected chi connectivity index (χ3v) is 6.51. The molecule has 6 nitrogen and oxygen atoms in total. The van der Waals surface area contributed by atoms with Crippen LogP contribution in [0.3, 0.4) is 0 Å². The van der Waals surface area contributed by atoms with E-state index in [-0.39, 0.29) is 36.0 Å². The zero-order valence-electron chi connectivity index (χ0n) is 14.7. The van der Waals surface area contributed by atoms with Crippen LogP contribution >= 0.6 is 11.3 Å². The van der Waals surface area contributed by atoms with Crippen LogP contribution in [-0.2, 0) is 19.4 Å². The van der Waals surface area contributed by atoms with Crippen molar-refractivity contribution in [2.75, 3.05) is 17.7 Å². The number of hydrogen-bond donors (Lipinski definition) is 1. The second kappa shape index (κ2) is 8.95. The molecule has 26 heavy (non-hydrogen) atoms. The quantitative estimate of drug-likeness (QED) is 0.692. The summed E-state index contributed by atoms with van der Waals surface area (Å²) < 4.78 is 29.3. The molecule has 0 aliphatic rings. The number of carbonyl (C=O) groups is 2. The van der Waals surface area contributed by atoms with E-state index in [1.807, 2.05) is 0 Å². The number of esters is 1. The first kappa shape index (κ1) is 20.1. The van der Waals surface area contributed by atoms with Gasteiger partial charge in [-0.05, 0) is 44.0 Å². The summed E-state index contributed by atoms with van der Waals surface area (Å²) in [7, 11) is -3.39. The van der Waals surface area contributed by atoms with Gasteiger partial charge < -0.3 is 10.1 Å². The minimum absolute atomic E-state index is 0.0811. The van der Waals surface area contributed by atoms with Crippen molar-refractivity contribution in [2.45, 2.75) is 31.6 Å². The van der Waals surface area contributed by atoms with Crippen LogP contribution in [-0.4, -0.2) is 32.7 Å². The van der Waals surface area contributed by atoms with E-state index >= 15 is 0 Å². The van der Waals surface area contributed by atoms with Gasteiger partial charge in [0.05, 0.1) is 22.3 Å². The molecule has 2 aromatic rings. The average Bonchev–Trinajstić information content (AvgIpc) is 2.96. The fourth-order valence-corrected chi connectivity index (χ4v) is 4.63. The Morgan fingerprint density at radius 1 is 1.19 bits per heavy atom. The molecule has 1 heterocycles. The molecule has 1 N–H and O–H groups in total. The largest absolute Gasteiger partial charge is 0.462 e. The molecule has 0 saturated heterocycles. The molecule has 2 rings (SSSR count). The molecule has 0 saturated carbocycles. The van der Waals surface area contributed by atoms with Gasteiger partial charge >= 0.3 is 5.97 Å². The first-order chi connectivity index (χ1) is 12.3. The molecule has 0 atom stereocenters. The number of aryl methyl sites for hydroxylation is 1. The maximum absolute atomic E-state index is 12.2. The molecule has 0 radical (unpaired) electrons. The highest BCUT2D eigenvalue weighted by molar-refractivity contribution is 7.91. The molecular weight excluding hydrogens is 374 g/mol. The average molecular weight is 396 g/mol. The van der Waals surface area contributed by atoms with Gasteiger partial charge in [-0.3, -0.25) is 4.79 Å². The number of anilines is 1. The van der Waals surface area contributed by atoms with Crippen molar-refractivity contribution in [3.8, 4) is 0 Å². The van der Waals surface area contributed by atoms with Gasteiger partial charge in [-0.1, -0.05) is 18.2 Å². The molecule has 1 amide bonds. The summed E-state index contributed by atoms with van der Waals surface area (Å²) in [5.74, 6) is -0.795. The molecule has 0 unspecified atom stereocenters. The number of nitrogens with one attached hydrogen (secondary N) is 1. The zero-order valence-corrected chi connectivity index (χ0v) is 16.3. The van der Waals surface area contributed by atoms with Gasteiger partial charge in [0, 0.05) is 6.42 Å². The number of hydrogen-bond acceptors (Lipinski definition) is 6. The molecule has 8 heteroatoms. The number of rotatable bonds is 8. The van der Waals surface area contributed by atoms with Gasteiger partial charge in [-0.2, -0.15) is 0 Å². The van der Waals surface area contributed by atoms with Crippen LogP contribution < -0.4 is 5.32 Å². The Bertz CT molecular complexity index is 872. The van der Waals surface area contributed by atoms with E-state index in [9.17, 15) is 18.0 Å². The van der Waals surface area contributed by atoms with Crippen LogP contribution in [0.4, 0.5) is 5.00 Å². The second-order valence-electron chi connectivity index (χ2n) is 5.63. The monoisotopic (exact) mass is 395 g/mol. The number of ether oxygens (including phenoxy) is 1. The molecule has 0 aliphatic heterocycles. The van der Waals surface area contributed by atoms with Crippen LogP contribution in [0, 0.1) is 6.92 Å². The molecule has 1 aromatic heterocycles. The van der Waals surface area contributed by atoms with E-state index in [0.717, 1.165) is 16.9 Å². The van der Waals surface area contributed by atoms with Crippen LogP contribution in [0.2, 0.25) is 0 Å². The lowest BCUT2D eigenvalue weighted by molar-refractivity contribution is -0.116. The molecule has 0 spiro atoms. The van der Waals surface area contributed by atoms with E-state index < -0.39 is 15.8 Å². The van der Waals surface area contributed by atoms with Crippen molar-refractivity contribution >= 4 is 38.1 Å². The van der Waals surface area contributed by atoms with E-state index in [1.54, 1.807) is 50.2 Å². The minimum Gasteiger partial charge on any atom is -0.462 e. The van der Waals surface area contributed by atoms with Crippen LogP contribution in [0.1, 0.15) is 35.0 Å². The molecule has 0 bridgehead atoms. The standard InChI is InChI=1S/C18H21NO5S2/c1-3-24-18(21)17-13(2)12-16(25-17)19-15(20)10-7-11-26(22,23)14-8-5-4-6-9-14/h4-6,8-9,12H,3,7,10-11H2,1-2H3,(H,19,20). The fourth-order valence-electron chi connectivity index (χ4n) is 2.31. The third kappa shape index (κ3) is 5.40. The first-order valence-electron chi connectivity index (χ1n) is 8.18. The van der Waals surface area contributed by atoms with Crippen molar-refractivity contribution in [1.29, 1.82) is 0 Å². The molecule has 140 valence electrons. The van der Waals surface area contributed by atoms with Gasteiger partial charge in [0.25, 0.3) is 0 Å². The Morgan fingerprint density at radius 3 is 2.54 bits per heavy atom. The van der Waals surface area contributed by atoms with Gasteiger partial charge in [0.2, 0.25) is 5.91 Å². The highest BCUT2D eigenvalue weighted by Crippen LogP contribution is 2.27. The van der Waals surface area contributed by atoms with Crippen molar-refractivity contribution < 1.29 is 22.7 Å². The van der Waals surface area contributed by atoms with Crippen molar-refractivity contribution in [1.82, 2.24) is 0 Å². The molecule has 0 fully saturated rings. The summed E-state index contributed by atoms with van der Waals surface area (Å²) in [4.78, 5) is 24.5. The maximum Gasteiger partial charge on any atom is 0.348 e. The zero-order chi connectivity index (χ0) is 19.2. The van der Waals surface area contributed by atoms with Crippen LogP contribution in [0.15, 0.2) is 41.3 Å². The Morgan fingerprint density at radius 2 is 1.88 bits per heavy atom. The predicted molar refractivity (Wildman–Crippen MR) is 101 cm³/mol. The fraction of sp³-hybridized carbons (Fsp3) is 0.333. The number of carbonyl (C=O) groups excluding carboxylic acids is 2. The van der Waals surface area contributed by atoms with Crippen LogP contribution in [0.5, 0.6) is 0 Å². The lowest BCUT2D eigenvalue weighted by Crippen LogP contribution is -2.13. The van der Waals surface area contributed by atoms with Gasteiger partial charge in [-0.25, -0.2) is 13.2 Å². The number of amides is 1. The summed E-state index contributed by atoms with van der Waals surface area (Å²) in [6.45, 7) is 3.78. The normalized spacial score (nSPS) is 11.2. The van der Waals surface area contributed by atoms with E-state index in [1.165, 1.54) is 0 Å². The van der Waals surface area contributed by atoms with Crippen molar-refractivity contribution in [3.63, 3.8) is 0 Å². The molecule has 1 aromatic carbocycles. The second-order valence-corrected chi connectivity index (χ2v) is 8.79. The van der Waals surface area contributed by atoms with E-state index in [2.05, 4.69) is 5.32 Å². The Kier molecular flexibility index (Phi) is 6.93. The Labute approximate surface area is 157 Å². The van der Waals surface area contributed by atoms with E-state index in [0.29, 0.717) is 9.88 Å². The summed E-state index contributed by atoms with van der Waals surface area (Å²) in [5.41, 5.74) is 0.732. The summed E-state index contributed by atoms with van der Waals surface area (Å²) in [6, 6.07) is 9.87. The van der Waals surface area contributed by atoms with Gasteiger partial charge in [0.15, 0.2) is 9.84 Å². The van der Waals surface area contributed by atoms with Crippen molar-refractivity contribution in [2.24, 2.45) is 0 Å². The summed E-state index contributed by atoms with van der Waals surface area (Å²) >= 11 is 1.15. The SMILES string of the molecule is CCOC(=O)c1sc(NC(=O)CCCS(=O)(=O)c2ccccc2)cc1C. The van der Waals surface area contributed by atoms with E-state index in [4.69, 9.17) is 4.74 Å². The lowest BCUT2D eigenvalue weighted by Gasteiger charge is -2.05. The Balaban J connectivity index is 1.88. The molecule has 0 aliphatic carbocycles. The van der Waals surface area contributed by atoms with Crippen LogP contribution in [0.25, 0.3) is 0 Å². The lowest BCUT2D eigenvalue weighted by atomic mass is 10.3. The van der Waals surface area contributed by atoms with Gasteiger partial charge in [0.1, 0.15) is 4.88 Å². The topological polar surface area (TPSA) is 89.5 Å². The Hall–Kier alpha value is -2.19.